The molecule has 0 N–H and O–H groups in total. The van der Waals surface area contributed by atoms with Crippen LogP contribution in [0, 0.1) is 0 Å². The standard InChI is InChI=1S/C20H23ClN2O3S/c21-18-11-9-17(10-12-18)15-23(16-20(24)22-13-5-2-6-14-22)27(25,26)19-7-3-1-4-8-19/h1,3-4,7-12H,2,5-6,13-16H2. The Morgan fingerprint density at radius 1 is 0.963 bits per heavy atom. The first kappa shape index (κ1) is 19.9. The Bertz CT molecular complexity index is 864. The minimum Gasteiger partial charge on any atom is -0.342 e. The van der Waals surface area contributed by atoms with Gasteiger partial charge in [0.1, 0.15) is 0 Å². The van der Waals surface area contributed by atoms with E-state index in [0.29, 0.717) is 18.1 Å². The van der Waals surface area contributed by atoms with Gasteiger partial charge >= 0.3 is 0 Å². The Morgan fingerprint density at radius 3 is 2.22 bits per heavy atom. The number of hydrogen-bond acceptors (Lipinski definition) is 3. The van der Waals surface area contributed by atoms with Crippen LogP contribution in [0.4, 0.5) is 0 Å². The third-order valence-corrected chi connectivity index (χ3v) is 6.73. The maximum atomic E-state index is 13.2. The molecule has 3 rings (SSSR count). The van der Waals surface area contributed by atoms with E-state index in [1.165, 1.54) is 4.31 Å². The fourth-order valence-corrected chi connectivity index (χ4v) is 4.68. The molecule has 0 spiro atoms. The van der Waals surface area contributed by atoms with Crippen LogP contribution < -0.4 is 0 Å². The number of amides is 1. The average molecular weight is 407 g/mol. The molecule has 1 fully saturated rings. The third kappa shape index (κ3) is 5.09. The van der Waals surface area contributed by atoms with Crippen molar-refractivity contribution in [2.75, 3.05) is 19.6 Å². The number of carbonyl (C=O) groups is 1. The molecular weight excluding hydrogens is 384 g/mol. The second-order valence-electron chi connectivity index (χ2n) is 6.65. The highest BCUT2D eigenvalue weighted by molar-refractivity contribution is 7.89. The highest BCUT2D eigenvalue weighted by Gasteiger charge is 2.29. The summed E-state index contributed by atoms with van der Waals surface area (Å²) in [5.74, 6) is -0.150. The Morgan fingerprint density at radius 2 is 1.59 bits per heavy atom. The van der Waals surface area contributed by atoms with Crippen molar-refractivity contribution in [1.29, 1.82) is 0 Å². The molecule has 1 saturated heterocycles. The van der Waals surface area contributed by atoms with Gasteiger partial charge in [-0.1, -0.05) is 41.9 Å². The van der Waals surface area contributed by atoms with E-state index in [1.807, 2.05) is 0 Å². The quantitative estimate of drug-likeness (QED) is 0.737. The molecule has 0 unspecified atom stereocenters. The molecule has 0 saturated carbocycles. The van der Waals surface area contributed by atoms with Gasteiger partial charge in [0.05, 0.1) is 11.4 Å². The molecule has 2 aromatic carbocycles. The van der Waals surface area contributed by atoms with Gasteiger partial charge in [0.2, 0.25) is 15.9 Å². The molecule has 2 aromatic rings. The smallest absolute Gasteiger partial charge is 0.243 e. The zero-order valence-corrected chi connectivity index (χ0v) is 16.6. The number of rotatable bonds is 6. The molecule has 1 aliphatic heterocycles. The number of hydrogen-bond donors (Lipinski definition) is 0. The predicted octanol–water partition coefficient (Wildman–Crippen LogP) is 3.54. The summed E-state index contributed by atoms with van der Waals surface area (Å²) in [4.78, 5) is 14.7. The van der Waals surface area contributed by atoms with Crippen LogP contribution in [0.25, 0.3) is 0 Å². The van der Waals surface area contributed by atoms with Crippen LogP contribution in [-0.4, -0.2) is 43.2 Å². The molecule has 0 aromatic heterocycles. The Hall–Kier alpha value is -1.89. The van der Waals surface area contributed by atoms with Crippen molar-refractivity contribution in [2.45, 2.75) is 30.7 Å². The monoisotopic (exact) mass is 406 g/mol. The van der Waals surface area contributed by atoms with E-state index in [9.17, 15) is 13.2 Å². The van der Waals surface area contributed by atoms with Crippen LogP contribution in [0.5, 0.6) is 0 Å². The maximum Gasteiger partial charge on any atom is 0.243 e. The van der Waals surface area contributed by atoms with Crippen LogP contribution in [0.2, 0.25) is 5.02 Å². The molecule has 1 amide bonds. The van der Waals surface area contributed by atoms with Crippen molar-refractivity contribution < 1.29 is 13.2 Å². The van der Waals surface area contributed by atoms with Gasteiger partial charge < -0.3 is 4.90 Å². The lowest BCUT2D eigenvalue weighted by molar-refractivity contribution is -0.132. The summed E-state index contributed by atoms with van der Waals surface area (Å²) in [5, 5.41) is 0.584. The van der Waals surface area contributed by atoms with E-state index in [0.717, 1.165) is 24.8 Å². The summed E-state index contributed by atoms with van der Waals surface area (Å²) in [7, 11) is -3.79. The molecule has 0 aliphatic carbocycles. The Kier molecular flexibility index (Phi) is 6.52. The second-order valence-corrected chi connectivity index (χ2v) is 9.03. The summed E-state index contributed by atoms with van der Waals surface area (Å²) < 4.78 is 27.6. The van der Waals surface area contributed by atoms with E-state index in [4.69, 9.17) is 11.6 Å². The Labute approximate surface area is 165 Å². The van der Waals surface area contributed by atoms with Gasteiger partial charge in [-0.3, -0.25) is 4.79 Å². The van der Waals surface area contributed by atoms with Crippen molar-refractivity contribution >= 4 is 27.5 Å². The van der Waals surface area contributed by atoms with Crippen LogP contribution >= 0.6 is 11.6 Å². The lowest BCUT2D eigenvalue weighted by atomic mass is 10.1. The van der Waals surface area contributed by atoms with Gasteiger partial charge in [-0.25, -0.2) is 8.42 Å². The topological polar surface area (TPSA) is 57.7 Å². The van der Waals surface area contributed by atoms with Gasteiger partial charge in [0.15, 0.2) is 0 Å². The van der Waals surface area contributed by atoms with Gasteiger partial charge in [-0.2, -0.15) is 4.31 Å². The van der Waals surface area contributed by atoms with E-state index >= 15 is 0 Å². The zero-order chi connectivity index (χ0) is 19.3. The van der Waals surface area contributed by atoms with Crippen LogP contribution in [0.15, 0.2) is 59.5 Å². The minimum atomic E-state index is -3.79. The number of sulfonamides is 1. The van der Waals surface area contributed by atoms with Crippen molar-refractivity contribution in [2.24, 2.45) is 0 Å². The molecule has 0 radical (unpaired) electrons. The number of piperidine rings is 1. The number of halogens is 1. The molecule has 0 bridgehead atoms. The van der Waals surface area contributed by atoms with E-state index in [1.54, 1.807) is 59.5 Å². The summed E-state index contributed by atoms with van der Waals surface area (Å²) in [6, 6.07) is 15.2. The molecule has 27 heavy (non-hydrogen) atoms. The summed E-state index contributed by atoms with van der Waals surface area (Å²) in [6.07, 6.45) is 3.04. The van der Waals surface area contributed by atoms with E-state index in [-0.39, 0.29) is 23.9 Å². The first-order valence-electron chi connectivity index (χ1n) is 9.04. The molecule has 0 atom stereocenters. The molecule has 144 valence electrons. The summed E-state index contributed by atoms with van der Waals surface area (Å²) >= 11 is 5.93. The molecule has 7 heteroatoms. The molecule has 1 heterocycles. The minimum absolute atomic E-state index is 0.119. The van der Waals surface area contributed by atoms with Gasteiger partial charge in [0.25, 0.3) is 0 Å². The highest BCUT2D eigenvalue weighted by Crippen LogP contribution is 2.20. The molecule has 5 nitrogen and oxygen atoms in total. The van der Waals surface area contributed by atoms with Crippen LogP contribution in [-0.2, 0) is 21.4 Å². The number of carbonyl (C=O) groups excluding carboxylic acids is 1. The van der Waals surface area contributed by atoms with Gasteiger partial charge in [-0.05, 0) is 49.1 Å². The van der Waals surface area contributed by atoms with Crippen LogP contribution in [0.3, 0.4) is 0 Å². The molecular formula is C20H23ClN2O3S. The maximum absolute atomic E-state index is 13.2. The summed E-state index contributed by atoms with van der Waals surface area (Å²) in [5.41, 5.74) is 0.783. The van der Waals surface area contributed by atoms with Crippen molar-refractivity contribution in [3.8, 4) is 0 Å². The lowest BCUT2D eigenvalue weighted by Gasteiger charge is -2.29. The predicted molar refractivity (Wildman–Crippen MR) is 106 cm³/mol. The molecule has 1 aliphatic rings. The number of likely N-dealkylation sites (tertiary alicyclic amines) is 1. The van der Waals surface area contributed by atoms with E-state index < -0.39 is 10.0 Å². The SMILES string of the molecule is O=C(CN(Cc1ccc(Cl)cc1)S(=O)(=O)c1ccccc1)N1CCCCC1. The highest BCUT2D eigenvalue weighted by atomic mass is 35.5. The number of benzene rings is 2. The lowest BCUT2D eigenvalue weighted by Crippen LogP contribution is -2.44. The van der Waals surface area contributed by atoms with E-state index in [2.05, 4.69) is 0 Å². The normalized spacial score (nSPS) is 15.1. The zero-order valence-electron chi connectivity index (χ0n) is 15.1. The van der Waals surface area contributed by atoms with Crippen LogP contribution in [0.1, 0.15) is 24.8 Å². The fourth-order valence-electron chi connectivity index (χ4n) is 3.16. The summed E-state index contributed by atoms with van der Waals surface area (Å²) in [6.45, 7) is 1.34. The Balaban J connectivity index is 1.85. The largest absolute Gasteiger partial charge is 0.342 e. The average Bonchev–Trinajstić information content (AvgIpc) is 2.70. The van der Waals surface area contributed by atoms with Gasteiger partial charge in [-0.15, -0.1) is 0 Å². The van der Waals surface area contributed by atoms with Crippen molar-refractivity contribution in [1.82, 2.24) is 9.21 Å². The van der Waals surface area contributed by atoms with Crippen molar-refractivity contribution in [3.05, 3.63) is 65.2 Å². The third-order valence-electron chi connectivity index (χ3n) is 4.67. The van der Waals surface area contributed by atoms with Crippen molar-refractivity contribution in [3.63, 3.8) is 0 Å². The fraction of sp³-hybridized carbons (Fsp3) is 0.350. The second kappa shape index (κ2) is 8.87. The number of nitrogens with zero attached hydrogens (tertiary/aromatic N) is 2. The first-order chi connectivity index (χ1) is 13.0. The first-order valence-corrected chi connectivity index (χ1v) is 10.9. The van der Waals surface area contributed by atoms with Gasteiger partial charge in [0, 0.05) is 24.7 Å².